The van der Waals surface area contributed by atoms with Crippen molar-refractivity contribution in [2.24, 2.45) is 7.05 Å². The van der Waals surface area contributed by atoms with Crippen LogP contribution in [0.15, 0.2) is 71.9 Å². The zero-order valence-corrected chi connectivity index (χ0v) is 22.0. The molecule has 0 atom stereocenters. The molecule has 5 aromatic rings. The molecule has 0 radical (unpaired) electrons. The second kappa shape index (κ2) is 9.98. The fourth-order valence-corrected chi connectivity index (χ4v) is 5.29. The molecule has 11 heteroatoms. The second-order valence-corrected chi connectivity index (χ2v) is 9.76. The Morgan fingerprint density at radius 2 is 1.77 bits per heavy atom. The number of hydrogen-bond acceptors (Lipinski definition) is 6. The second-order valence-electron chi connectivity index (χ2n) is 9.76. The normalized spacial score (nSPS) is 14.8. The number of hydrogen-bond donors (Lipinski definition) is 0. The zero-order valence-electron chi connectivity index (χ0n) is 22.0. The van der Waals surface area contributed by atoms with Gasteiger partial charge in [0.25, 0.3) is 0 Å². The minimum atomic E-state index is -4.60. The van der Waals surface area contributed by atoms with Crippen LogP contribution >= 0.6 is 0 Å². The molecule has 1 aliphatic rings. The third-order valence-corrected chi connectivity index (χ3v) is 7.43. The molecule has 2 aromatic carbocycles. The van der Waals surface area contributed by atoms with E-state index in [1.54, 1.807) is 66.9 Å². The Balaban J connectivity index is 1.51. The molecule has 1 saturated heterocycles. The molecule has 0 amide bonds. The van der Waals surface area contributed by atoms with Crippen LogP contribution in [0.25, 0.3) is 27.6 Å². The maximum Gasteiger partial charge on any atom is 0.418 e. The number of halogens is 3. The van der Waals surface area contributed by atoms with Gasteiger partial charge in [-0.25, -0.2) is 4.79 Å². The molecule has 0 spiro atoms. The van der Waals surface area contributed by atoms with E-state index in [0.717, 1.165) is 12.6 Å². The highest BCUT2D eigenvalue weighted by atomic mass is 19.4. The van der Waals surface area contributed by atoms with Crippen LogP contribution < -0.4 is 15.3 Å². The van der Waals surface area contributed by atoms with Gasteiger partial charge in [-0.05, 0) is 55.1 Å². The molecule has 1 fully saturated rings. The van der Waals surface area contributed by atoms with E-state index in [-0.39, 0.29) is 11.4 Å². The monoisotopic (exact) mass is 548 g/mol. The SMILES string of the molecule is CCN1CCN(c2ccc(-n3c(=O)n(C)c4cnc5ccc(Oc6cccnc6)cc5c43)cc2C(F)(F)F)CC1. The number of aryl methyl sites for hydroxylation is 1. The largest absolute Gasteiger partial charge is 0.456 e. The van der Waals surface area contributed by atoms with Gasteiger partial charge in [-0.1, -0.05) is 6.92 Å². The number of pyridine rings is 2. The van der Waals surface area contributed by atoms with Crippen molar-refractivity contribution in [2.75, 3.05) is 37.6 Å². The van der Waals surface area contributed by atoms with E-state index < -0.39 is 17.4 Å². The highest BCUT2D eigenvalue weighted by Gasteiger charge is 2.36. The maximum atomic E-state index is 14.4. The van der Waals surface area contributed by atoms with Crippen molar-refractivity contribution >= 4 is 27.6 Å². The third-order valence-electron chi connectivity index (χ3n) is 7.43. The molecule has 0 unspecified atom stereocenters. The van der Waals surface area contributed by atoms with Gasteiger partial charge >= 0.3 is 11.9 Å². The Hall–Kier alpha value is -4.38. The van der Waals surface area contributed by atoms with Crippen LogP contribution in [-0.4, -0.2) is 56.7 Å². The summed E-state index contributed by atoms with van der Waals surface area (Å²) in [6.45, 7) is 5.30. The summed E-state index contributed by atoms with van der Waals surface area (Å²) in [6, 6.07) is 12.9. The van der Waals surface area contributed by atoms with Gasteiger partial charge in [-0.3, -0.25) is 19.1 Å². The van der Waals surface area contributed by atoms with Gasteiger partial charge in [0.1, 0.15) is 11.5 Å². The lowest BCUT2D eigenvalue weighted by atomic mass is 10.1. The number of alkyl halides is 3. The predicted octanol–water partition coefficient (Wildman–Crippen LogP) is 5.23. The average Bonchev–Trinajstić information content (AvgIpc) is 3.22. The predicted molar refractivity (Wildman–Crippen MR) is 147 cm³/mol. The van der Waals surface area contributed by atoms with Gasteiger partial charge in [0, 0.05) is 50.5 Å². The number of rotatable bonds is 5. The van der Waals surface area contributed by atoms with Crippen LogP contribution in [0.5, 0.6) is 11.5 Å². The molecule has 0 bridgehead atoms. The topological polar surface area (TPSA) is 68.4 Å². The Morgan fingerprint density at radius 3 is 2.48 bits per heavy atom. The molecular weight excluding hydrogens is 521 g/mol. The summed E-state index contributed by atoms with van der Waals surface area (Å²) < 4.78 is 51.9. The quantitative estimate of drug-likeness (QED) is 0.300. The fourth-order valence-electron chi connectivity index (χ4n) is 5.29. The van der Waals surface area contributed by atoms with E-state index in [2.05, 4.69) is 14.9 Å². The highest BCUT2D eigenvalue weighted by Crippen LogP contribution is 2.39. The van der Waals surface area contributed by atoms with Crippen LogP contribution in [0.1, 0.15) is 12.5 Å². The lowest BCUT2D eigenvalue weighted by Crippen LogP contribution is -2.46. The van der Waals surface area contributed by atoms with E-state index in [0.29, 0.717) is 59.6 Å². The van der Waals surface area contributed by atoms with Crippen LogP contribution in [0, 0.1) is 0 Å². The standard InChI is InChI=1S/C29H27F3N6O2/c1-3-36-11-13-37(14-12-36)25-9-6-19(15-23(25)29(30,31)32)38-27-22-16-20(40-21-5-4-10-33-17-21)7-8-24(22)34-18-26(27)35(2)28(38)39/h4-10,15-18H,3,11-14H2,1-2H3. The first-order chi connectivity index (χ1) is 19.2. The Morgan fingerprint density at radius 1 is 0.975 bits per heavy atom. The summed E-state index contributed by atoms with van der Waals surface area (Å²) in [5.74, 6) is 1.01. The first-order valence-corrected chi connectivity index (χ1v) is 13.0. The third kappa shape index (κ3) is 4.56. The molecule has 3 aromatic heterocycles. The summed E-state index contributed by atoms with van der Waals surface area (Å²) in [7, 11) is 1.58. The Labute approximate surface area is 227 Å². The number of ether oxygens (including phenoxy) is 1. The van der Waals surface area contributed by atoms with Crippen molar-refractivity contribution in [1.82, 2.24) is 24.0 Å². The van der Waals surface area contributed by atoms with Crippen molar-refractivity contribution in [2.45, 2.75) is 13.1 Å². The zero-order chi connectivity index (χ0) is 28.0. The van der Waals surface area contributed by atoms with Crippen molar-refractivity contribution in [3.05, 3.63) is 83.2 Å². The molecule has 8 nitrogen and oxygen atoms in total. The number of imidazole rings is 1. The number of aromatic nitrogens is 4. The molecule has 0 N–H and O–H groups in total. The number of likely N-dealkylation sites (N-methyl/N-ethyl adjacent to an activating group) is 1. The molecular formula is C29H27F3N6O2. The van der Waals surface area contributed by atoms with Crippen molar-refractivity contribution in [1.29, 1.82) is 0 Å². The first kappa shape index (κ1) is 25.9. The van der Waals surface area contributed by atoms with Gasteiger partial charge in [0.05, 0.1) is 40.2 Å². The van der Waals surface area contributed by atoms with E-state index in [1.165, 1.54) is 15.2 Å². The minimum Gasteiger partial charge on any atom is -0.456 e. The van der Waals surface area contributed by atoms with E-state index in [1.807, 2.05) is 6.92 Å². The molecule has 0 aliphatic carbocycles. The van der Waals surface area contributed by atoms with E-state index in [4.69, 9.17) is 4.74 Å². The van der Waals surface area contributed by atoms with Crippen molar-refractivity contribution in [3.63, 3.8) is 0 Å². The molecule has 206 valence electrons. The number of benzene rings is 2. The summed E-state index contributed by atoms with van der Waals surface area (Å²) in [5, 5.41) is 0.574. The molecule has 1 aliphatic heterocycles. The maximum absolute atomic E-state index is 14.4. The van der Waals surface area contributed by atoms with Crippen LogP contribution in [0.2, 0.25) is 0 Å². The van der Waals surface area contributed by atoms with Gasteiger partial charge in [0.15, 0.2) is 0 Å². The van der Waals surface area contributed by atoms with Crippen LogP contribution in [0.4, 0.5) is 18.9 Å². The number of nitrogens with zero attached hydrogens (tertiary/aromatic N) is 6. The van der Waals surface area contributed by atoms with Gasteiger partial charge in [-0.15, -0.1) is 0 Å². The van der Waals surface area contributed by atoms with E-state index in [9.17, 15) is 18.0 Å². The Kier molecular flexibility index (Phi) is 6.46. The van der Waals surface area contributed by atoms with Gasteiger partial charge in [0.2, 0.25) is 0 Å². The van der Waals surface area contributed by atoms with Crippen LogP contribution in [0.3, 0.4) is 0 Å². The fraction of sp³-hybridized carbons (Fsp3) is 0.276. The smallest absolute Gasteiger partial charge is 0.418 e. The van der Waals surface area contributed by atoms with Crippen molar-refractivity contribution in [3.8, 4) is 17.2 Å². The lowest BCUT2D eigenvalue weighted by Gasteiger charge is -2.36. The van der Waals surface area contributed by atoms with Crippen LogP contribution in [-0.2, 0) is 13.2 Å². The summed E-state index contributed by atoms with van der Waals surface area (Å²) in [6.07, 6.45) is 0.165. The highest BCUT2D eigenvalue weighted by molar-refractivity contribution is 6.03. The molecule has 40 heavy (non-hydrogen) atoms. The minimum absolute atomic E-state index is 0.124. The summed E-state index contributed by atoms with van der Waals surface area (Å²) in [5.41, 5.74) is 0.532. The van der Waals surface area contributed by atoms with Gasteiger partial charge < -0.3 is 14.5 Å². The number of fused-ring (bicyclic) bond motifs is 3. The Bertz CT molecular complexity index is 1760. The molecule has 6 rings (SSSR count). The lowest BCUT2D eigenvalue weighted by molar-refractivity contribution is -0.137. The number of anilines is 1. The summed E-state index contributed by atoms with van der Waals surface area (Å²) >= 11 is 0. The van der Waals surface area contributed by atoms with Gasteiger partial charge in [-0.2, -0.15) is 13.2 Å². The first-order valence-electron chi connectivity index (χ1n) is 13.0. The summed E-state index contributed by atoms with van der Waals surface area (Å²) in [4.78, 5) is 26.0. The molecule has 4 heterocycles. The number of piperazine rings is 1. The molecule has 0 saturated carbocycles. The average molecular weight is 549 g/mol. The van der Waals surface area contributed by atoms with E-state index >= 15 is 0 Å². The van der Waals surface area contributed by atoms with Crippen molar-refractivity contribution < 1.29 is 17.9 Å².